The van der Waals surface area contributed by atoms with Crippen LogP contribution in [0.15, 0.2) is 24.3 Å². The molecule has 0 aliphatic heterocycles. The lowest BCUT2D eigenvalue weighted by Gasteiger charge is -2.44. The van der Waals surface area contributed by atoms with Gasteiger partial charge in [-0.25, -0.2) is 0 Å². The Kier molecular flexibility index (Phi) is 8.63. The van der Waals surface area contributed by atoms with Crippen LogP contribution in [-0.2, 0) is 11.2 Å². The highest BCUT2D eigenvalue weighted by Gasteiger charge is 2.48. The molecule has 162 valence electrons. The molecule has 2 heteroatoms. The number of esters is 1. The molecule has 0 amide bonds. The maximum Gasteiger partial charge on any atom is 0.317 e. The molecule has 2 nitrogen and oxygen atoms in total. The summed E-state index contributed by atoms with van der Waals surface area (Å²) in [4.78, 5) is 13.5. The number of carbonyl (C=O) groups is 1. The van der Waals surface area contributed by atoms with E-state index in [2.05, 4.69) is 26.0 Å². The summed E-state index contributed by atoms with van der Waals surface area (Å²) in [7, 11) is 0. The number of unbranched alkanes of at least 4 members (excludes halogenated alkanes) is 2. The van der Waals surface area contributed by atoms with Crippen LogP contribution in [0.25, 0.3) is 0 Å². The summed E-state index contributed by atoms with van der Waals surface area (Å²) in [6, 6.07) is 8.30. The number of carbonyl (C=O) groups excluding carboxylic acids is 1. The quantitative estimate of drug-likeness (QED) is 0.240. The van der Waals surface area contributed by atoms with E-state index >= 15 is 0 Å². The highest BCUT2D eigenvalue weighted by Crippen LogP contribution is 2.50. The molecule has 3 rings (SSSR count). The van der Waals surface area contributed by atoms with Gasteiger partial charge in [-0.3, -0.25) is 4.79 Å². The van der Waals surface area contributed by atoms with Crippen molar-refractivity contribution in [3.8, 4) is 5.75 Å². The molecule has 0 N–H and O–H groups in total. The van der Waals surface area contributed by atoms with Gasteiger partial charge in [-0.2, -0.15) is 0 Å². The van der Waals surface area contributed by atoms with Crippen molar-refractivity contribution < 1.29 is 9.53 Å². The Hall–Kier alpha value is -1.31. The van der Waals surface area contributed by atoms with Crippen LogP contribution < -0.4 is 4.74 Å². The maximum absolute atomic E-state index is 13.5. The van der Waals surface area contributed by atoms with E-state index in [0.717, 1.165) is 30.9 Å². The minimum absolute atomic E-state index is 0.0647. The monoisotopic (exact) mass is 398 g/mol. The Morgan fingerprint density at radius 2 is 1.62 bits per heavy atom. The molecule has 0 saturated heterocycles. The Balaban J connectivity index is 1.63. The number of hydrogen-bond donors (Lipinski definition) is 0. The molecule has 29 heavy (non-hydrogen) atoms. The summed E-state index contributed by atoms with van der Waals surface area (Å²) >= 11 is 0. The van der Waals surface area contributed by atoms with Crippen molar-refractivity contribution in [2.45, 2.75) is 110 Å². The van der Waals surface area contributed by atoms with Crippen LogP contribution in [0.5, 0.6) is 5.75 Å². The molecular formula is C27H42O2. The standard InChI is InChI=1S/C27H42O2/c1-3-5-7-11-23-14-18-25(19-15-23)29-26(28)27(20-8-6-9-21-27)24-16-12-22(10-4-2)13-17-24/h14-15,18-19,22,24H,3-13,16-17,20-21H2,1-2H3. The third-order valence-electron chi connectivity index (χ3n) is 7.68. The summed E-state index contributed by atoms with van der Waals surface area (Å²) in [6.07, 6.45) is 18.3. The number of hydrogen-bond acceptors (Lipinski definition) is 2. The summed E-state index contributed by atoms with van der Waals surface area (Å²) in [5, 5.41) is 0. The molecule has 0 heterocycles. The van der Waals surface area contributed by atoms with Crippen molar-refractivity contribution in [2.75, 3.05) is 0 Å². The molecule has 1 aromatic rings. The molecule has 2 aliphatic carbocycles. The fraction of sp³-hybridized carbons (Fsp3) is 0.741. The average molecular weight is 399 g/mol. The molecule has 1 aromatic carbocycles. The van der Waals surface area contributed by atoms with Gasteiger partial charge in [0.2, 0.25) is 0 Å². The first-order valence-corrected chi connectivity index (χ1v) is 12.5. The largest absolute Gasteiger partial charge is 0.426 e. The van der Waals surface area contributed by atoms with Crippen LogP contribution in [0.3, 0.4) is 0 Å². The molecule has 2 saturated carbocycles. The fourth-order valence-electron chi connectivity index (χ4n) is 5.89. The van der Waals surface area contributed by atoms with E-state index in [0.29, 0.717) is 5.92 Å². The molecule has 0 atom stereocenters. The van der Waals surface area contributed by atoms with Crippen LogP contribution in [0.2, 0.25) is 0 Å². The fourth-order valence-corrected chi connectivity index (χ4v) is 5.89. The van der Waals surface area contributed by atoms with Gasteiger partial charge in [0.25, 0.3) is 0 Å². The first kappa shape index (κ1) is 22.4. The van der Waals surface area contributed by atoms with Crippen molar-refractivity contribution in [1.82, 2.24) is 0 Å². The van der Waals surface area contributed by atoms with Crippen LogP contribution in [-0.4, -0.2) is 5.97 Å². The van der Waals surface area contributed by atoms with Crippen LogP contribution in [0, 0.1) is 17.3 Å². The van der Waals surface area contributed by atoms with E-state index < -0.39 is 0 Å². The summed E-state index contributed by atoms with van der Waals surface area (Å²) in [5.74, 6) is 2.21. The number of aryl methyl sites for hydroxylation is 1. The molecule has 0 bridgehead atoms. The van der Waals surface area contributed by atoms with Crippen molar-refractivity contribution in [3.63, 3.8) is 0 Å². The Bertz CT molecular complexity index is 604. The second-order valence-electron chi connectivity index (χ2n) is 9.71. The Labute approximate surface area is 178 Å². The molecule has 0 aromatic heterocycles. The van der Waals surface area contributed by atoms with E-state index in [-0.39, 0.29) is 11.4 Å². The van der Waals surface area contributed by atoms with E-state index in [1.165, 1.54) is 82.6 Å². The second kappa shape index (κ2) is 11.2. The first-order valence-electron chi connectivity index (χ1n) is 12.5. The highest BCUT2D eigenvalue weighted by molar-refractivity contribution is 5.79. The summed E-state index contributed by atoms with van der Waals surface area (Å²) in [6.45, 7) is 4.53. The molecule has 0 unspecified atom stereocenters. The molecule has 2 fully saturated rings. The van der Waals surface area contributed by atoms with Gasteiger partial charge >= 0.3 is 5.97 Å². The van der Waals surface area contributed by atoms with Crippen LogP contribution >= 0.6 is 0 Å². The van der Waals surface area contributed by atoms with Gasteiger partial charge < -0.3 is 4.74 Å². The van der Waals surface area contributed by atoms with Crippen LogP contribution in [0.1, 0.15) is 109 Å². The van der Waals surface area contributed by atoms with E-state index in [9.17, 15) is 4.79 Å². The van der Waals surface area contributed by atoms with Gasteiger partial charge in [0.05, 0.1) is 5.41 Å². The van der Waals surface area contributed by atoms with E-state index in [1.807, 2.05) is 12.1 Å². The minimum atomic E-state index is -0.227. The maximum atomic E-state index is 13.5. The number of benzene rings is 1. The molecule has 0 radical (unpaired) electrons. The third kappa shape index (κ3) is 5.86. The predicted molar refractivity (Wildman–Crippen MR) is 121 cm³/mol. The predicted octanol–water partition coefficient (Wildman–Crippen LogP) is 7.88. The Morgan fingerprint density at radius 3 is 2.24 bits per heavy atom. The van der Waals surface area contributed by atoms with Gasteiger partial charge in [0.15, 0.2) is 0 Å². The van der Waals surface area contributed by atoms with Gasteiger partial charge in [-0.1, -0.05) is 83.8 Å². The zero-order valence-electron chi connectivity index (χ0n) is 18.9. The lowest BCUT2D eigenvalue weighted by atomic mass is 9.60. The van der Waals surface area contributed by atoms with Crippen molar-refractivity contribution in [2.24, 2.45) is 17.3 Å². The van der Waals surface area contributed by atoms with Crippen LogP contribution in [0.4, 0.5) is 0 Å². The average Bonchev–Trinajstić information content (AvgIpc) is 2.76. The SMILES string of the molecule is CCCCCc1ccc(OC(=O)C2(C3CCC(CCC)CC3)CCCCC2)cc1. The summed E-state index contributed by atoms with van der Waals surface area (Å²) in [5.41, 5.74) is 1.12. The minimum Gasteiger partial charge on any atom is -0.426 e. The smallest absolute Gasteiger partial charge is 0.317 e. The number of rotatable bonds is 9. The van der Waals surface area contributed by atoms with Gasteiger partial charge in [0.1, 0.15) is 5.75 Å². The Morgan fingerprint density at radius 1 is 0.931 bits per heavy atom. The number of ether oxygens (including phenoxy) is 1. The first-order chi connectivity index (χ1) is 14.2. The van der Waals surface area contributed by atoms with Crippen molar-refractivity contribution in [3.05, 3.63) is 29.8 Å². The normalized spacial score (nSPS) is 24.2. The summed E-state index contributed by atoms with van der Waals surface area (Å²) < 4.78 is 6.03. The lowest BCUT2D eigenvalue weighted by molar-refractivity contribution is -0.153. The van der Waals surface area contributed by atoms with Gasteiger partial charge in [-0.05, 0) is 68.1 Å². The molecule has 0 spiro atoms. The second-order valence-corrected chi connectivity index (χ2v) is 9.71. The molecular weight excluding hydrogens is 356 g/mol. The van der Waals surface area contributed by atoms with E-state index in [1.54, 1.807) is 0 Å². The highest BCUT2D eigenvalue weighted by atomic mass is 16.5. The van der Waals surface area contributed by atoms with E-state index in [4.69, 9.17) is 4.74 Å². The van der Waals surface area contributed by atoms with Gasteiger partial charge in [-0.15, -0.1) is 0 Å². The van der Waals surface area contributed by atoms with Gasteiger partial charge in [0, 0.05) is 0 Å². The van der Waals surface area contributed by atoms with Crippen molar-refractivity contribution >= 4 is 5.97 Å². The zero-order valence-corrected chi connectivity index (χ0v) is 18.9. The zero-order chi connectivity index (χ0) is 20.5. The topological polar surface area (TPSA) is 26.3 Å². The molecule has 2 aliphatic rings. The van der Waals surface area contributed by atoms with Crippen molar-refractivity contribution in [1.29, 1.82) is 0 Å². The third-order valence-corrected chi connectivity index (χ3v) is 7.68. The lowest BCUT2D eigenvalue weighted by Crippen LogP contribution is -2.44.